The fraction of sp³-hybridized carbons (Fsp3) is 0.263. The molecule has 0 fully saturated rings. The summed E-state index contributed by atoms with van der Waals surface area (Å²) in [6.45, 7) is 2.61. The van der Waals surface area contributed by atoms with Crippen molar-refractivity contribution >= 4 is 11.6 Å². The van der Waals surface area contributed by atoms with E-state index in [9.17, 15) is 0 Å². The van der Waals surface area contributed by atoms with Crippen LogP contribution in [-0.4, -0.2) is 14.8 Å². The maximum absolute atomic E-state index is 6.35. The lowest BCUT2D eigenvalue weighted by Gasteiger charge is -2.20. The number of benzene rings is 2. The first kappa shape index (κ1) is 16.7. The predicted octanol–water partition coefficient (Wildman–Crippen LogP) is 3.85. The van der Waals surface area contributed by atoms with Gasteiger partial charge in [0.1, 0.15) is 11.6 Å². The lowest BCUT2D eigenvalue weighted by molar-refractivity contribution is 0.511. The smallest absolute Gasteiger partial charge is 0.146 e. The van der Waals surface area contributed by atoms with Crippen molar-refractivity contribution in [1.29, 1.82) is 0 Å². The zero-order valence-corrected chi connectivity index (χ0v) is 14.7. The van der Waals surface area contributed by atoms with E-state index in [1.807, 2.05) is 42.8 Å². The third-order valence-corrected chi connectivity index (χ3v) is 4.64. The summed E-state index contributed by atoms with van der Waals surface area (Å²) in [6, 6.07) is 18.6. The van der Waals surface area contributed by atoms with Crippen molar-refractivity contribution in [3.05, 3.63) is 82.4 Å². The molecule has 124 valence electrons. The summed E-state index contributed by atoms with van der Waals surface area (Å²) < 4.78 is 2.00. The molecule has 1 unspecified atom stereocenters. The molecule has 1 aromatic heterocycles. The minimum Gasteiger partial charge on any atom is -0.317 e. The summed E-state index contributed by atoms with van der Waals surface area (Å²) in [4.78, 5) is 0. The van der Waals surface area contributed by atoms with Gasteiger partial charge in [-0.3, -0.25) is 0 Å². The molecule has 1 heterocycles. The normalized spacial score (nSPS) is 12.3. The van der Waals surface area contributed by atoms with Crippen LogP contribution in [0, 0.1) is 6.92 Å². The Labute approximate surface area is 147 Å². The van der Waals surface area contributed by atoms with E-state index in [0.717, 1.165) is 28.7 Å². The highest BCUT2D eigenvalue weighted by molar-refractivity contribution is 6.31. The number of hydrogen-bond donors (Lipinski definition) is 1. The molecule has 0 aliphatic carbocycles. The Balaban J connectivity index is 1.80. The van der Waals surface area contributed by atoms with Crippen molar-refractivity contribution in [2.24, 2.45) is 7.05 Å². The zero-order valence-electron chi connectivity index (χ0n) is 13.9. The van der Waals surface area contributed by atoms with Gasteiger partial charge in [0.2, 0.25) is 0 Å². The van der Waals surface area contributed by atoms with Crippen molar-refractivity contribution in [3.63, 3.8) is 0 Å². The Hall–Kier alpha value is -2.17. The van der Waals surface area contributed by atoms with Gasteiger partial charge in [-0.25, -0.2) is 0 Å². The average molecular weight is 341 g/mol. The molecule has 0 saturated heterocycles. The molecule has 0 bridgehead atoms. The Morgan fingerprint density at radius 2 is 1.75 bits per heavy atom. The molecule has 0 aliphatic heterocycles. The standard InChI is InChI=1S/C19H21ClN4/c1-14-22-23-19(24(14)2)13-21-18(15-8-4-3-5-9-15)12-16-10-6-7-11-17(16)20/h3-11,18,21H,12-13H2,1-2H3. The van der Waals surface area contributed by atoms with E-state index in [4.69, 9.17) is 11.6 Å². The van der Waals surface area contributed by atoms with Crippen LogP contribution in [0.3, 0.4) is 0 Å². The van der Waals surface area contributed by atoms with Crippen LogP contribution in [0.4, 0.5) is 0 Å². The highest BCUT2D eigenvalue weighted by Gasteiger charge is 2.15. The monoisotopic (exact) mass is 340 g/mol. The van der Waals surface area contributed by atoms with Gasteiger partial charge in [-0.05, 0) is 30.5 Å². The summed E-state index contributed by atoms with van der Waals surface area (Å²) in [5, 5.41) is 12.7. The van der Waals surface area contributed by atoms with Crippen molar-refractivity contribution < 1.29 is 0 Å². The van der Waals surface area contributed by atoms with Gasteiger partial charge in [0, 0.05) is 18.1 Å². The van der Waals surface area contributed by atoms with E-state index in [0.29, 0.717) is 6.54 Å². The van der Waals surface area contributed by atoms with E-state index < -0.39 is 0 Å². The minimum absolute atomic E-state index is 0.156. The van der Waals surface area contributed by atoms with Crippen LogP contribution in [-0.2, 0) is 20.0 Å². The molecule has 24 heavy (non-hydrogen) atoms. The quantitative estimate of drug-likeness (QED) is 0.741. The van der Waals surface area contributed by atoms with Crippen LogP contribution in [0.1, 0.15) is 28.8 Å². The van der Waals surface area contributed by atoms with E-state index in [1.54, 1.807) is 0 Å². The average Bonchev–Trinajstić information content (AvgIpc) is 2.93. The number of rotatable bonds is 6. The lowest BCUT2D eigenvalue weighted by Crippen LogP contribution is -2.24. The van der Waals surface area contributed by atoms with Crippen LogP contribution in [0.5, 0.6) is 0 Å². The van der Waals surface area contributed by atoms with E-state index in [-0.39, 0.29) is 6.04 Å². The summed E-state index contributed by atoms with van der Waals surface area (Å²) in [5.74, 6) is 1.83. The molecule has 0 spiro atoms. The lowest BCUT2D eigenvalue weighted by atomic mass is 9.99. The molecule has 1 atom stereocenters. The number of hydrogen-bond acceptors (Lipinski definition) is 3. The second-order valence-electron chi connectivity index (χ2n) is 5.86. The van der Waals surface area contributed by atoms with Gasteiger partial charge in [-0.2, -0.15) is 0 Å². The summed E-state index contributed by atoms with van der Waals surface area (Å²) >= 11 is 6.35. The maximum Gasteiger partial charge on any atom is 0.146 e. The molecule has 0 saturated carbocycles. The SMILES string of the molecule is Cc1nnc(CNC(Cc2ccccc2Cl)c2ccccc2)n1C. The fourth-order valence-electron chi connectivity index (χ4n) is 2.70. The van der Waals surface area contributed by atoms with Gasteiger partial charge in [0.25, 0.3) is 0 Å². The Kier molecular flexibility index (Phi) is 5.28. The largest absolute Gasteiger partial charge is 0.317 e. The van der Waals surface area contributed by atoms with Crippen LogP contribution in [0.25, 0.3) is 0 Å². The maximum atomic E-state index is 6.35. The van der Waals surface area contributed by atoms with Crippen molar-refractivity contribution in [1.82, 2.24) is 20.1 Å². The first-order valence-electron chi connectivity index (χ1n) is 8.01. The first-order chi connectivity index (χ1) is 11.6. The van der Waals surface area contributed by atoms with Gasteiger partial charge < -0.3 is 9.88 Å². The van der Waals surface area contributed by atoms with Crippen LogP contribution in [0.2, 0.25) is 5.02 Å². The van der Waals surface area contributed by atoms with Crippen LogP contribution < -0.4 is 5.32 Å². The van der Waals surface area contributed by atoms with Gasteiger partial charge >= 0.3 is 0 Å². The van der Waals surface area contributed by atoms with Crippen LogP contribution in [0.15, 0.2) is 54.6 Å². The molecular formula is C19H21ClN4. The predicted molar refractivity (Wildman–Crippen MR) is 96.9 cm³/mol. The van der Waals surface area contributed by atoms with Crippen molar-refractivity contribution in [2.45, 2.75) is 25.9 Å². The van der Waals surface area contributed by atoms with E-state index in [2.05, 4.69) is 45.8 Å². The number of nitrogens with one attached hydrogen (secondary N) is 1. The molecule has 3 aromatic rings. The third kappa shape index (κ3) is 3.83. The highest BCUT2D eigenvalue weighted by atomic mass is 35.5. The van der Waals surface area contributed by atoms with E-state index >= 15 is 0 Å². The second-order valence-corrected chi connectivity index (χ2v) is 6.27. The molecule has 2 aromatic carbocycles. The number of halogens is 1. The number of nitrogens with zero attached hydrogens (tertiary/aromatic N) is 3. The fourth-order valence-corrected chi connectivity index (χ4v) is 2.91. The first-order valence-corrected chi connectivity index (χ1v) is 8.39. The van der Waals surface area contributed by atoms with Crippen molar-refractivity contribution in [2.75, 3.05) is 0 Å². The van der Waals surface area contributed by atoms with Crippen LogP contribution >= 0.6 is 11.6 Å². The summed E-state index contributed by atoms with van der Waals surface area (Å²) in [5.41, 5.74) is 2.37. The topological polar surface area (TPSA) is 42.7 Å². The van der Waals surface area contributed by atoms with Gasteiger partial charge in [0.05, 0.1) is 6.54 Å². The van der Waals surface area contributed by atoms with Gasteiger partial charge in [0.15, 0.2) is 0 Å². The molecular weight excluding hydrogens is 320 g/mol. The van der Waals surface area contributed by atoms with Gasteiger partial charge in [-0.1, -0.05) is 60.1 Å². The van der Waals surface area contributed by atoms with Gasteiger partial charge in [-0.15, -0.1) is 10.2 Å². The zero-order chi connectivity index (χ0) is 16.9. The number of aryl methyl sites for hydroxylation is 1. The molecule has 4 nitrogen and oxygen atoms in total. The summed E-state index contributed by atoms with van der Waals surface area (Å²) in [7, 11) is 1.98. The molecule has 0 aliphatic rings. The Morgan fingerprint density at radius 1 is 1.04 bits per heavy atom. The summed E-state index contributed by atoms with van der Waals surface area (Å²) in [6.07, 6.45) is 0.820. The highest BCUT2D eigenvalue weighted by Crippen LogP contribution is 2.23. The molecule has 0 amide bonds. The molecule has 1 N–H and O–H groups in total. The third-order valence-electron chi connectivity index (χ3n) is 4.27. The van der Waals surface area contributed by atoms with E-state index in [1.165, 1.54) is 5.56 Å². The van der Waals surface area contributed by atoms with Crippen molar-refractivity contribution in [3.8, 4) is 0 Å². The Bertz CT molecular complexity index is 798. The molecule has 5 heteroatoms. The molecule has 0 radical (unpaired) electrons. The minimum atomic E-state index is 0.156. The Morgan fingerprint density at radius 3 is 2.42 bits per heavy atom. The number of aromatic nitrogens is 3. The molecule has 3 rings (SSSR count). The second kappa shape index (κ2) is 7.60.